The van der Waals surface area contributed by atoms with Gasteiger partial charge in [-0.1, -0.05) is 146 Å². The lowest BCUT2D eigenvalue weighted by Gasteiger charge is -2.11. The van der Waals surface area contributed by atoms with Crippen molar-refractivity contribution in [3.8, 4) is 56.4 Å². The van der Waals surface area contributed by atoms with Crippen molar-refractivity contribution in [2.24, 2.45) is 0 Å². The van der Waals surface area contributed by atoms with Gasteiger partial charge in [-0.25, -0.2) is 15.0 Å². The maximum absolute atomic E-state index is 6.18. The lowest BCUT2D eigenvalue weighted by atomic mass is 9.95. The summed E-state index contributed by atoms with van der Waals surface area (Å²) in [7, 11) is 0. The highest BCUT2D eigenvalue weighted by Crippen LogP contribution is 2.38. The molecule has 0 saturated heterocycles. The lowest BCUT2D eigenvalue weighted by molar-refractivity contribution is 0.669. The molecule has 0 atom stereocenters. The molecular weight excluding hydrogens is 671 g/mol. The van der Waals surface area contributed by atoms with E-state index in [1.165, 1.54) is 32.7 Å². The largest absolute Gasteiger partial charge is 0.456 e. The Bertz CT molecular complexity index is 3190. The van der Waals surface area contributed by atoms with Gasteiger partial charge in [-0.2, -0.15) is 0 Å². The molecule has 9 aromatic carbocycles. The van der Waals surface area contributed by atoms with Crippen LogP contribution in [-0.4, -0.2) is 15.0 Å². The maximum atomic E-state index is 6.18. The fourth-order valence-corrected chi connectivity index (χ4v) is 7.87. The Morgan fingerprint density at radius 2 is 0.727 bits per heavy atom. The fraction of sp³-hybridized carbons (Fsp3) is 0. The summed E-state index contributed by atoms with van der Waals surface area (Å²) in [5.74, 6) is 1.92. The summed E-state index contributed by atoms with van der Waals surface area (Å²) >= 11 is 0. The fourth-order valence-electron chi connectivity index (χ4n) is 7.87. The van der Waals surface area contributed by atoms with Crippen LogP contribution in [-0.2, 0) is 0 Å². The number of nitrogens with zero attached hydrogens (tertiary/aromatic N) is 3. The molecule has 0 N–H and O–H groups in total. The van der Waals surface area contributed by atoms with E-state index in [2.05, 4.69) is 170 Å². The number of rotatable bonds is 5. The second kappa shape index (κ2) is 12.6. The molecule has 0 aliphatic heterocycles. The van der Waals surface area contributed by atoms with Gasteiger partial charge in [0.05, 0.1) is 0 Å². The Labute approximate surface area is 317 Å². The van der Waals surface area contributed by atoms with Gasteiger partial charge in [0.15, 0.2) is 17.5 Å². The molecule has 0 aliphatic rings. The third-order valence-corrected chi connectivity index (χ3v) is 10.7. The van der Waals surface area contributed by atoms with Crippen LogP contribution in [0.4, 0.5) is 0 Å². The van der Waals surface area contributed by atoms with E-state index in [1.807, 2.05) is 18.2 Å². The summed E-state index contributed by atoms with van der Waals surface area (Å²) in [4.78, 5) is 15.3. The summed E-state index contributed by atoms with van der Waals surface area (Å²) in [6, 6.07) is 66.0. The van der Waals surface area contributed by atoms with Gasteiger partial charge < -0.3 is 4.42 Å². The summed E-state index contributed by atoms with van der Waals surface area (Å²) in [6.07, 6.45) is 0. The van der Waals surface area contributed by atoms with Crippen LogP contribution in [0.5, 0.6) is 0 Å². The molecule has 4 nitrogen and oxygen atoms in total. The smallest absolute Gasteiger partial charge is 0.164 e. The number of para-hydroxylation sites is 1. The number of furan rings is 1. The van der Waals surface area contributed by atoms with Gasteiger partial charge in [-0.05, 0) is 97.0 Å². The predicted molar refractivity (Wildman–Crippen MR) is 227 cm³/mol. The summed E-state index contributed by atoms with van der Waals surface area (Å²) in [5.41, 5.74) is 9.20. The Balaban J connectivity index is 0.994. The Hall–Kier alpha value is -7.43. The predicted octanol–water partition coefficient (Wildman–Crippen LogP) is 13.6. The van der Waals surface area contributed by atoms with Crippen molar-refractivity contribution in [2.45, 2.75) is 0 Å². The second-order valence-corrected chi connectivity index (χ2v) is 14.1. The first kappa shape index (κ1) is 31.1. The zero-order valence-electron chi connectivity index (χ0n) is 29.6. The van der Waals surface area contributed by atoms with Crippen molar-refractivity contribution in [3.05, 3.63) is 188 Å². The van der Waals surface area contributed by atoms with E-state index >= 15 is 0 Å². The molecule has 11 rings (SSSR count). The molecule has 0 aliphatic carbocycles. The number of hydrogen-bond donors (Lipinski definition) is 0. The van der Waals surface area contributed by atoms with Crippen molar-refractivity contribution in [1.29, 1.82) is 0 Å². The van der Waals surface area contributed by atoms with Gasteiger partial charge in [0.2, 0.25) is 0 Å². The van der Waals surface area contributed by atoms with E-state index in [1.54, 1.807) is 0 Å². The van der Waals surface area contributed by atoms with Crippen molar-refractivity contribution < 1.29 is 4.42 Å². The van der Waals surface area contributed by atoms with Gasteiger partial charge in [0.1, 0.15) is 11.2 Å². The zero-order chi connectivity index (χ0) is 36.3. The monoisotopic (exact) mass is 701 g/mol. The molecular formula is C51H31N3O. The van der Waals surface area contributed by atoms with Gasteiger partial charge >= 0.3 is 0 Å². The molecule has 2 aromatic heterocycles. The Morgan fingerprint density at radius 1 is 0.291 bits per heavy atom. The molecule has 0 amide bonds. The summed E-state index contributed by atoms with van der Waals surface area (Å²) in [5, 5.41) is 9.29. The number of fused-ring (bicyclic) bond motifs is 6. The number of aromatic nitrogens is 3. The van der Waals surface area contributed by atoms with E-state index in [0.29, 0.717) is 17.5 Å². The minimum absolute atomic E-state index is 0.634. The first-order chi connectivity index (χ1) is 27.2. The molecule has 0 spiro atoms. The first-order valence-electron chi connectivity index (χ1n) is 18.5. The number of hydrogen-bond acceptors (Lipinski definition) is 4. The Morgan fingerprint density at radius 3 is 1.42 bits per heavy atom. The van der Waals surface area contributed by atoms with E-state index in [4.69, 9.17) is 19.4 Å². The molecule has 2 heterocycles. The molecule has 0 fully saturated rings. The average Bonchev–Trinajstić information content (AvgIpc) is 3.65. The maximum Gasteiger partial charge on any atom is 0.164 e. The van der Waals surface area contributed by atoms with Gasteiger partial charge in [-0.3, -0.25) is 0 Å². The van der Waals surface area contributed by atoms with Gasteiger partial charge in [0, 0.05) is 27.5 Å². The average molecular weight is 702 g/mol. The highest BCUT2D eigenvalue weighted by atomic mass is 16.3. The van der Waals surface area contributed by atoms with Crippen LogP contribution in [0.1, 0.15) is 0 Å². The van der Waals surface area contributed by atoms with E-state index in [0.717, 1.165) is 60.5 Å². The van der Waals surface area contributed by atoms with Crippen LogP contribution in [0.3, 0.4) is 0 Å². The van der Waals surface area contributed by atoms with E-state index in [9.17, 15) is 0 Å². The van der Waals surface area contributed by atoms with Crippen LogP contribution in [0.15, 0.2) is 192 Å². The topological polar surface area (TPSA) is 51.8 Å². The molecule has 0 unspecified atom stereocenters. The normalized spacial score (nSPS) is 11.6. The lowest BCUT2D eigenvalue weighted by Crippen LogP contribution is -2.00. The standard InChI is InChI=1S/C51H31N3O/c1-3-11-34-29-42(25-19-32(34)9-1)50-52-49(53-51(54-50)43-26-20-33-10-2-4-12-35(33)30-43)41-14-7-13-36(31-41)37-21-22-39-28-40(24-23-38(39)27-37)44-16-8-18-47-48(44)45-15-5-6-17-46(45)55-47/h1-31H. The molecule has 11 aromatic rings. The van der Waals surface area contributed by atoms with E-state index < -0.39 is 0 Å². The van der Waals surface area contributed by atoms with E-state index in [-0.39, 0.29) is 0 Å². The SMILES string of the molecule is c1cc(-c2ccc3cc(-c4cccc5oc6ccccc6c45)ccc3c2)cc(-c2nc(-c3ccc4ccccc4c3)nc(-c3ccc4ccccc4c3)n2)c1. The third-order valence-electron chi connectivity index (χ3n) is 10.7. The molecule has 0 saturated carbocycles. The first-order valence-corrected chi connectivity index (χ1v) is 18.5. The van der Waals surface area contributed by atoms with Crippen LogP contribution in [0, 0.1) is 0 Å². The highest BCUT2D eigenvalue weighted by Gasteiger charge is 2.16. The van der Waals surface area contributed by atoms with Crippen LogP contribution in [0.2, 0.25) is 0 Å². The van der Waals surface area contributed by atoms with Crippen molar-refractivity contribution >= 4 is 54.3 Å². The van der Waals surface area contributed by atoms with Crippen LogP contribution < -0.4 is 0 Å². The minimum atomic E-state index is 0.634. The third kappa shape index (κ3) is 5.51. The highest BCUT2D eigenvalue weighted by molar-refractivity contribution is 6.13. The Kier molecular flexibility index (Phi) is 7.14. The molecule has 55 heavy (non-hydrogen) atoms. The van der Waals surface area contributed by atoms with Crippen molar-refractivity contribution in [3.63, 3.8) is 0 Å². The van der Waals surface area contributed by atoms with Crippen molar-refractivity contribution in [1.82, 2.24) is 15.0 Å². The second-order valence-electron chi connectivity index (χ2n) is 14.1. The van der Waals surface area contributed by atoms with Gasteiger partial charge in [0.25, 0.3) is 0 Å². The minimum Gasteiger partial charge on any atom is -0.456 e. The van der Waals surface area contributed by atoms with Crippen LogP contribution in [0.25, 0.3) is 111 Å². The molecule has 256 valence electrons. The quantitative estimate of drug-likeness (QED) is 0.179. The summed E-state index contributed by atoms with van der Waals surface area (Å²) in [6.45, 7) is 0. The summed E-state index contributed by atoms with van der Waals surface area (Å²) < 4.78 is 6.18. The van der Waals surface area contributed by atoms with Gasteiger partial charge in [-0.15, -0.1) is 0 Å². The number of benzene rings is 9. The molecule has 0 bridgehead atoms. The molecule has 4 heteroatoms. The van der Waals surface area contributed by atoms with Crippen LogP contribution >= 0.6 is 0 Å². The molecule has 0 radical (unpaired) electrons. The zero-order valence-corrected chi connectivity index (χ0v) is 29.6. The van der Waals surface area contributed by atoms with Crippen molar-refractivity contribution in [2.75, 3.05) is 0 Å².